The normalized spacial score (nSPS) is 25.9. The number of rotatable bonds is 1. The highest BCUT2D eigenvalue weighted by atomic mass is 16.3. The van der Waals surface area contributed by atoms with Crippen molar-refractivity contribution in [3.8, 4) is 17.2 Å². The van der Waals surface area contributed by atoms with Crippen molar-refractivity contribution in [3.63, 3.8) is 0 Å². The molecule has 1 aliphatic carbocycles. The van der Waals surface area contributed by atoms with Gasteiger partial charge in [0, 0.05) is 29.7 Å². The van der Waals surface area contributed by atoms with Crippen LogP contribution in [-0.4, -0.2) is 21.4 Å². The molecule has 5 N–H and O–H groups in total. The van der Waals surface area contributed by atoms with E-state index < -0.39 is 0 Å². The van der Waals surface area contributed by atoms with Gasteiger partial charge in [0.15, 0.2) is 0 Å². The topological polar surface area (TPSA) is 86.7 Å². The number of hydrogen-bond acceptors (Lipinski definition) is 4. The molecular formula is C9H11NO3. The van der Waals surface area contributed by atoms with E-state index in [0.29, 0.717) is 5.56 Å². The second-order valence-corrected chi connectivity index (χ2v) is 3.40. The molecule has 1 aliphatic rings. The second kappa shape index (κ2) is 2.53. The Morgan fingerprint density at radius 1 is 1.15 bits per heavy atom. The third kappa shape index (κ3) is 1.29. The third-order valence-electron chi connectivity index (χ3n) is 2.33. The second-order valence-electron chi connectivity index (χ2n) is 3.40. The Kier molecular flexibility index (Phi) is 1.60. The van der Waals surface area contributed by atoms with Crippen LogP contribution in [0.5, 0.6) is 17.2 Å². The van der Waals surface area contributed by atoms with E-state index in [9.17, 15) is 10.2 Å². The largest absolute Gasteiger partial charge is 0.508 e. The summed E-state index contributed by atoms with van der Waals surface area (Å²) in [6.07, 6.45) is 0.770. The van der Waals surface area contributed by atoms with Crippen LogP contribution in [0.1, 0.15) is 17.9 Å². The molecule has 13 heavy (non-hydrogen) atoms. The predicted molar refractivity (Wildman–Crippen MR) is 46.8 cm³/mol. The SMILES string of the molecule is N[C@@H]1C[C@H]1c1c(O)cc(O)cc1O. The van der Waals surface area contributed by atoms with Crippen molar-refractivity contribution in [2.24, 2.45) is 5.73 Å². The lowest BCUT2D eigenvalue weighted by atomic mass is 10.1. The van der Waals surface area contributed by atoms with Gasteiger partial charge in [-0.15, -0.1) is 0 Å². The number of phenols is 3. The fourth-order valence-electron chi connectivity index (χ4n) is 1.54. The van der Waals surface area contributed by atoms with Crippen molar-refractivity contribution >= 4 is 0 Å². The molecule has 70 valence electrons. The maximum absolute atomic E-state index is 9.42. The van der Waals surface area contributed by atoms with E-state index in [4.69, 9.17) is 10.8 Å². The van der Waals surface area contributed by atoms with E-state index in [1.165, 1.54) is 12.1 Å². The molecule has 1 fully saturated rings. The Hall–Kier alpha value is -1.42. The molecule has 4 nitrogen and oxygen atoms in total. The quantitative estimate of drug-likeness (QED) is 0.511. The van der Waals surface area contributed by atoms with Crippen LogP contribution in [0.3, 0.4) is 0 Å². The molecule has 0 aromatic heterocycles. The summed E-state index contributed by atoms with van der Waals surface area (Å²) in [5.74, 6) is -0.292. The molecule has 0 unspecified atom stereocenters. The number of benzene rings is 1. The maximum atomic E-state index is 9.42. The summed E-state index contributed by atoms with van der Waals surface area (Å²) < 4.78 is 0. The lowest BCUT2D eigenvalue weighted by Gasteiger charge is -2.06. The van der Waals surface area contributed by atoms with Crippen molar-refractivity contribution < 1.29 is 15.3 Å². The van der Waals surface area contributed by atoms with Gasteiger partial charge in [0.1, 0.15) is 17.2 Å². The van der Waals surface area contributed by atoms with E-state index in [1.54, 1.807) is 0 Å². The summed E-state index contributed by atoms with van der Waals surface area (Å²) in [5.41, 5.74) is 6.04. The first-order valence-corrected chi connectivity index (χ1v) is 4.10. The molecule has 0 saturated heterocycles. The van der Waals surface area contributed by atoms with Crippen LogP contribution in [0.4, 0.5) is 0 Å². The zero-order valence-corrected chi connectivity index (χ0v) is 6.94. The Balaban J connectivity index is 2.45. The highest BCUT2D eigenvalue weighted by Crippen LogP contribution is 2.48. The molecule has 0 heterocycles. The average Bonchev–Trinajstić information content (AvgIpc) is 2.64. The van der Waals surface area contributed by atoms with Crippen molar-refractivity contribution in [1.82, 2.24) is 0 Å². The van der Waals surface area contributed by atoms with Gasteiger partial charge in [0.25, 0.3) is 0 Å². The van der Waals surface area contributed by atoms with E-state index in [-0.39, 0.29) is 29.2 Å². The summed E-state index contributed by atoms with van der Waals surface area (Å²) in [4.78, 5) is 0. The van der Waals surface area contributed by atoms with Gasteiger partial charge in [-0.25, -0.2) is 0 Å². The first kappa shape index (κ1) is 8.19. The van der Waals surface area contributed by atoms with Crippen LogP contribution < -0.4 is 5.73 Å². The van der Waals surface area contributed by atoms with Crippen LogP contribution >= 0.6 is 0 Å². The molecule has 1 aromatic carbocycles. The van der Waals surface area contributed by atoms with Crippen LogP contribution in [0.25, 0.3) is 0 Å². The molecule has 1 aromatic rings. The lowest BCUT2D eigenvalue weighted by Crippen LogP contribution is -2.01. The van der Waals surface area contributed by atoms with Gasteiger partial charge in [0.2, 0.25) is 0 Å². The Morgan fingerprint density at radius 2 is 1.62 bits per heavy atom. The van der Waals surface area contributed by atoms with Crippen molar-refractivity contribution in [3.05, 3.63) is 17.7 Å². The minimum atomic E-state index is -0.145. The van der Waals surface area contributed by atoms with Gasteiger partial charge in [-0.2, -0.15) is 0 Å². The fourth-order valence-corrected chi connectivity index (χ4v) is 1.54. The van der Waals surface area contributed by atoms with Gasteiger partial charge >= 0.3 is 0 Å². The number of aromatic hydroxyl groups is 3. The van der Waals surface area contributed by atoms with Crippen LogP contribution in [0.2, 0.25) is 0 Å². The van der Waals surface area contributed by atoms with E-state index >= 15 is 0 Å². The lowest BCUT2D eigenvalue weighted by molar-refractivity contribution is 0.419. The molecule has 0 amide bonds. The molecule has 2 atom stereocenters. The molecule has 0 radical (unpaired) electrons. The summed E-state index contributed by atoms with van der Waals surface area (Å²) in [5, 5.41) is 27.9. The minimum Gasteiger partial charge on any atom is -0.508 e. The number of hydrogen-bond donors (Lipinski definition) is 4. The van der Waals surface area contributed by atoms with Gasteiger partial charge in [-0.1, -0.05) is 0 Å². The van der Waals surface area contributed by atoms with Crippen molar-refractivity contribution in [2.75, 3.05) is 0 Å². The Morgan fingerprint density at radius 3 is 2.00 bits per heavy atom. The summed E-state index contributed by atoms with van der Waals surface area (Å²) >= 11 is 0. The molecule has 0 aliphatic heterocycles. The van der Waals surface area contributed by atoms with E-state index in [1.807, 2.05) is 0 Å². The van der Waals surface area contributed by atoms with Crippen molar-refractivity contribution in [1.29, 1.82) is 0 Å². The van der Waals surface area contributed by atoms with Gasteiger partial charge in [0.05, 0.1) is 0 Å². The summed E-state index contributed by atoms with van der Waals surface area (Å²) in [6.45, 7) is 0. The van der Waals surface area contributed by atoms with E-state index in [2.05, 4.69) is 0 Å². The standard InChI is InChI=1S/C9H11NO3/c10-6-3-5(6)9-7(12)1-4(11)2-8(9)13/h1-2,5-6,11-13H,3,10H2/t5-,6-/m1/s1. The highest BCUT2D eigenvalue weighted by Gasteiger charge is 2.38. The number of phenolic OH excluding ortho intramolecular Hbond substituents is 3. The molecular weight excluding hydrogens is 170 g/mol. The zero-order valence-electron chi connectivity index (χ0n) is 6.94. The minimum absolute atomic E-state index is 0.0151. The number of nitrogens with two attached hydrogens (primary N) is 1. The Bertz CT molecular complexity index is 328. The first-order chi connectivity index (χ1) is 6.09. The highest BCUT2D eigenvalue weighted by molar-refractivity contribution is 5.53. The molecule has 0 spiro atoms. The zero-order chi connectivity index (χ0) is 9.59. The van der Waals surface area contributed by atoms with Gasteiger partial charge in [-0.05, 0) is 6.42 Å². The molecule has 4 heteroatoms. The molecule has 0 bridgehead atoms. The fraction of sp³-hybridized carbons (Fsp3) is 0.333. The Labute approximate surface area is 75.2 Å². The van der Waals surface area contributed by atoms with Crippen LogP contribution in [0, 0.1) is 0 Å². The van der Waals surface area contributed by atoms with Crippen LogP contribution in [0.15, 0.2) is 12.1 Å². The van der Waals surface area contributed by atoms with Gasteiger partial charge in [-0.3, -0.25) is 0 Å². The summed E-state index contributed by atoms with van der Waals surface area (Å²) in [6, 6.07) is 2.43. The van der Waals surface area contributed by atoms with E-state index in [0.717, 1.165) is 6.42 Å². The van der Waals surface area contributed by atoms with Crippen molar-refractivity contribution in [2.45, 2.75) is 18.4 Å². The monoisotopic (exact) mass is 181 g/mol. The molecule has 1 saturated carbocycles. The molecule has 2 rings (SSSR count). The third-order valence-corrected chi connectivity index (χ3v) is 2.33. The average molecular weight is 181 g/mol. The van der Waals surface area contributed by atoms with Gasteiger partial charge < -0.3 is 21.1 Å². The van der Waals surface area contributed by atoms with Crippen LogP contribution in [-0.2, 0) is 0 Å². The first-order valence-electron chi connectivity index (χ1n) is 4.10. The smallest absolute Gasteiger partial charge is 0.126 e. The maximum Gasteiger partial charge on any atom is 0.126 e. The predicted octanol–water partition coefficient (Wildman–Crippen LogP) is 0.618. The summed E-state index contributed by atoms with van der Waals surface area (Å²) in [7, 11) is 0.